The van der Waals surface area contributed by atoms with Gasteiger partial charge in [0.2, 0.25) is 10.0 Å². The zero-order chi connectivity index (χ0) is 22.4. The third-order valence-electron chi connectivity index (χ3n) is 3.61. The van der Waals surface area contributed by atoms with E-state index < -0.39 is 27.6 Å². The van der Waals surface area contributed by atoms with Crippen molar-refractivity contribution in [2.75, 3.05) is 18.4 Å². The second-order valence-corrected chi connectivity index (χ2v) is 9.24. The molecule has 2 amide bonds. The van der Waals surface area contributed by atoms with Gasteiger partial charge in [0.1, 0.15) is 11.3 Å². The van der Waals surface area contributed by atoms with E-state index in [1.165, 1.54) is 18.2 Å². The number of ether oxygens (including phenoxy) is 1. The lowest BCUT2D eigenvalue weighted by Gasteiger charge is -2.19. The summed E-state index contributed by atoms with van der Waals surface area (Å²) in [5.74, 6) is -0.442. The Morgan fingerprint density at radius 2 is 1.77 bits per heavy atom. The largest absolute Gasteiger partial charge is 0.444 e. The van der Waals surface area contributed by atoms with Crippen molar-refractivity contribution < 1.29 is 22.7 Å². The fourth-order valence-corrected chi connectivity index (χ4v) is 3.43. The number of hydrogen-bond acceptors (Lipinski definition) is 6. The number of nitrogens with zero attached hydrogens (tertiary/aromatic N) is 1. The first-order valence-electron chi connectivity index (χ1n) is 9.28. The molecule has 0 spiro atoms. The molecule has 0 bridgehead atoms. The van der Waals surface area contributed by atoms with Crippen molar-refractivity contribution in [3.63, 3.8) is 0 Å². The van der Waals surface area contributed by atoms with E-state index >= 15 is 0 Å². The standard InChI is InChI=1S/C20H26N4O5S/c1-14-7-5-10-17(23-14)18(25)24-15-8-6-9-16(13-15)30(27,28)22-12-11-21-19(26)29-20(2,3)4/h5-10,13,22H,11-12H2,1-4H3,(H,21,26)(H,24,25). The van der Waals surface area contributed by atoms with Crippen molar-refractivity contribution in [1.29, 1.82) is 0 Å². The first kappa shape index (κ1) is 23.3. The van der Waals surface area contributed by atoms with Gasteiger partial charge in [-0.25, -0.2) is 22.9 Å². The molecule has 0 saturated carbocycles. The summed E-state index contributed by atoms with van der Waals surface area (Å²) in [4.78, 5) is 28.0. The van der Waals surface area contributed by atoms with Gasteiger partial charge in [-0.15, -0.1) is 0 Å². The normalized spacial score (nSPS) is 11.6. The van der Waals surface area contributed by atoms with Gasteiger partial charge in [-0.3, -0.25) is 4.79 Å². The summed E-state index contributed by atoms with van der Waals surface area (Å²) in [5, 5.41) is 5.11. The van der Waals surface area contributed by atoms with Crippen molar-refractivity contribution in [3.05, 3.63) is 53.9 Å². The smallest absolute Gasteiger partial charge is 0.407 e. The summed E-state index contributed by atoms with van der Waals surface area (Å²) in [6, 6.07) is 10.9. The summed E-state index contributed by atoms with van der Waals surface area (Å²) in [6.45, 7) is 7.00. The third kappa shape index (κ3) is 7.45. The van der Waals surface area contributed by atoms with Crippen LogP contribution in [0.5, 0.6) is 0 Å². The lowest BCUT2D eigenvalue weighted by Crippen LogP contribution is -2.37. The molecule has 1 aromatic heterocycles. The van der Waals surface area contributed by atoms with Gasteiger partial charge < -0.3 is 15.4 Å². The zero-order valence-corrected chi connectivity index (χ0v) is 18.2. The Hall–Kier alpha value is -2.98. The topological polar surface area (TPSA) is 126 Å². The first-order valence-corrected chi connectivity index (χ1v) is 10.8. The van der Waals surface area contributed by atoms with E-state index in [1.54, 1.807) is 52.0 Å². The van der Waals surface area contributed by atoms with Gasteiger partial charge in [-0.05, 0) is 58.0 Å². The molecule has 9 nitrogen and oxygen atoms in total. The van der Waals surface area contributed by atoms with Crippen LogP contribution in [0.15, 0.2) is 47.4 Å². The fourth-order valence-electron chi connectivity index (χ4n) is 2.35. The molecule has 2 rings (SSSR count). The molecule has 10 heteroatoms. The van der Waals surface area contributed by atoms with E-state index in [2.05, 4.69) is 20.3 Å². The van der Waals surface area contributed by atoms with E-state index in [0.29, 0.717) is 11.4 Å². The van der Waals surface area contributed by atoms with Gasteiger partial charge in [0.05, 0.1) is 4.90 Å². The molecule has 1 aromatic carbocycles. The predicted molar refractivity (Wildman–Crippen MR) is 113 cm³/mol. The summed E-state index contributed by atoms with van der Waals surface area (Å²) in [6.07, 6.45) is -0.629. The highest BCUT2D eigenvalue weighted by Crippen LogP contribution is 2.16. The highest BCUT2D eigenvalue weighted by molar-refractivity contribution is 7.89. The fraction of sp³-hybridized carbons (Fsp3) is 0.350. The Kier molecular flexibility index (Phi) is 7.52. The van der Waals surface area contributed by atoms with Crippen LogP contribution in [0.3, 0.4) is 0 Å². The quantitative estimate of drug-likeness (QED) is 0.575. The van der Waals surface area contributed by atoms with E-state index in [-0.39, 0.29) is 23.7 Å². The monoisotopic (exact) mass is 434 g/mol. The number of carbonyl (C=O) groups excluding carboxylic acids is 2. The number of carbonyl (C=O) groups is 2. The maximum Gasteiger partial charge on any atom is 0.407 e. The number of benzene rings is 1. The molecule has 30 heavy (non-hydrogen) atoms. The Morgan fingerprint density at radius 3 is 2.43 bits per heavy atom. The van der Waals surface area contributed by atoms with Crippen LogP contribution in [0.1, 0.15) is 37.0 Å². The van der Waals surface area contributed by atoms with E-state index in [0.717, 1.165) is 0 Å². The van der Waals surface area contributed by atoms with E-state index in [9.17, 15) is 18.0 Å². The molecule has 0 aliphatic rings. The molecule has 2 aromatic rings. The number of amides is 2. The number of nitrogens with one attached hydrogen (secondary N) is 3. The number of anilines is 1. The minimum atomic E-state index is -3.83. The number of alkyl carbamates (subject to hydrolysis) is 1. The minimum absolute atomic E-state index is 0.0187. The Labute approximate surface area is 176 Å². The number of pyridine rings is 1. The van der Waals surface area contributed by atoms with Crippen LogP contribution in [0.2, 0.25) is 0 Å². The summed E-state index contributed by atoms with van der Waals surface area (Å²) in [7, 11) is -3.83. The lowest BCUT2D eigenvalue weighted by molar-refractivity contribution is 0.0528. The second kappa shape index (κ2) is 9.68. The van der Waals surface area contributed by atoms with Crippen molar-refractivity contribution in [1.82, 2.24) is 15.0 Å². The number of sulfonamides is 1. The molecule has 0 aliphatic carbocycles. The molecule has 0 unspecified atom stereocenters. The molecular formula is C20H26N4O5S. The molecule has 0 fully saturated rings. The number of hydrogen-bond donors (Lipinski definition) is 3. The number of rotatable bonds is 7. The van der Waals surface area contributed by atoms with Crippen molar-refractivity contribution >= 4 is 27.7 Å². The second-order valence-electron chi connectivity index (χ2n) is 7.47. The first-order chi connectivity index (χ1) is 14.0. The number of aromatic nitrogens is 1. The van der Waals surface area contributed by atoms with Crippen LogP contribution in [0, 0.1) is 6.92 Å². The van der Waals surface area contributed by atoms with Crippen LogP contribution in [0.25, 0.3) is 0 Å². The van der Waals surface area contributed by atoms with Crippen LogP contribution in [-0.4, -0.2) is 44.1 Å². The minimum Gasteiger partial charge on any atom is -0.444 e. The average molecular weight is 435 g/mol. The Bertz CT molecular complexity index is 1020. The van der Waals surface area contributed by atoms with Crippen molar-refractivity contribution in [2.45, 2.75) is 38.2 Å². The maximum absolute atomic E-state index is 12.5. The molecule has 3 N–H and O–H groups in total. The molecule has 1 heterocycles. The molecular weight excluding hydrogens is 408 g/mol. The Morgan fingerprint density at radius 1 is 1.07 bits per heavy atom. The maximum atomic E-state index is 12.5. The number of aryl methyl sites for hydroxylation is 1. The van der Waals surface area contributed by atoms with Gasteiger partial charge >= 0.3 is 6.09 Å². The van der Waals surface area contributed by atoms with Gasteiger partial charge in [0.15, 0.2) is 0 Å². The van der Waals surface area contributed by atoms with Gasteiger partial charge in [0, 0.05) is 24.5 Å². The molecule has 0 saturated heterocycles. The highest BCUT2D eigenvalue weighted by atomic mass is 32.2. The van der Waals surface area contributed by atoms with Crippen molar-refractivity contribution in [2.24, 2.45) is 0 Å². The van der Waals surface area contributed by atoms with Gasteiger partial charge in [-0.1, -0.05) is 12.1 Å². The van der Waals surface area contributed by atoms with Crippen LogP contribution in [0.4, 0.5) is 10.5 Å². The van der Waals surface area contributed by atoms with Crippen LogP contribution >= 0.6 is 0 Å². The van der Waals surface area contributed by atoms with Crippen LogP contribution < -0.4 is 15.4 Å². The third-order valence-corrected chi connectivity index (χ3v) is 5.07. The lowest BCUT2D eigenvalue weighted by atomic mass is 10.2. The summed E-state index contributed by atoms with van der Waals surface area (Å²) < 4.78 is 32.4. The van der Waals surface area contributed by atoms with Gasteiger partial charge in [0.25, 0.3) is 5.91 Å². The molecule has 162 valence electrons. The Balaban J connectivity index is 1.95. The molecule has 0 aliphatic heterocycles. The van der Waals surface area contributed by atoms with Gasteiger partial charge in [-0.2, -0.15) is 0 Å². The molecule has 0 atom stereocenters. The summed E-state index contributed by atoms with van der Waals surface area (Å²) >= 11 is 0. The van der Waals surface area contributed by atoms with E-state index in [1.807, 2.05) is 0 Å². The highest BCUT2D eigenvalue weighted by Gasteiger charge is 2.17. The zero-order valence-electron chi connectivity index (χ0n) is 17.4. The average Bonchev–Trinajstić information content (AvgIpc) is 2.64. The SMILES string of the molecule is Cc1cccc(C(=O)Nc2cccc(S(=O)(=O)NCCNC(=O)OC(C)(C)C)c2)n1. The predicted octanol–water partition coefficient (Wildman–Crippen LogP) is 2.45. The summed E-state index contributed by atoms with van der Waals surface area (Å²) in [5.41, 5.74) is 0.610. The van der Waals surface area contributed by atoms with E-state index in [4.69, 9.17) is 4.74 Å². The molecule has 0 radical (unpaired) electrons. The van der Waals surface area contributed by atoms with Crippen molar-refractivity contribution in [3.8, 4) is 0 Å². The van der Waals surface area contributed by atoms with Crippen LogP contribution in [-0.2, 0) is 14.8 Å².